The van der Waals surface area contributed by atoms with Crippen LogP contribution >= 0.6 is 0 Å². The average Bonchev–Trinajstić information content (AvgIpc) is 3.43. The maximum absolute atomic E-state index is 13.1. The number of rotatable bonds is 7. The lowest BCUT2D eigenvalue weighted by atomic mass is 9.91. The number of ether oxygens (including phenoxy) is 1. The fraction of sp³-hybridized carbons (Fsp3) is 0.542. The Labute approximate surface area is 187 Å². The van der Waals surface area contributed by atoms with Gasteiger partial charge in [0.1, 0.15) is 5.82 Å². The van der Waals surface area contributed by atoms with E-state index in [2.05, 4.69) is 10.4 Å². The average molecular weight is 443 g/mol. The van der Waals surface area contributed by atoms with Gasteiger partial charge in [-0.3, -0.25) is 14.3 Å². The van der Waals surface area contributed by atoms with Gasteiger partial charge in [-0.2, -0.15) is 5.10 Å². The maximum atomic E-state index is 13.1. The predicted octanol–water partition coefficient (Wildman–Crippen LogP) is 2.84. The second kappa shape index (κ2) is 10.3. The van der Waals surface area contributed by atoms with Crippen molar-refractivity contribution in [2.75, 3.05) is 19.7 Å². The summed E-state index contributed by atoms with van der Waals surface area (Å²) in [5.74, 6) is 0.102. The number of amides is 2. The first-order chi connectivity index (χ1) is 15.5. The summed E-state index contributed by atoms with van der Waals surface area (Å²) in [7, 11) is 1.81. The first-order valence-corrected chi connectivity index (χ1v) is 11.4. The molecule has 3 heterocycles. The van der Waals surface area contributed by atoms with Crippen molar-refractivity contribution in [1.29, 1.82) is 0 Å². The Hall–Kier alpha value is -2.74. The highest BCUT2D eigenvalue weighted by molar-refractivity contribution is 5.95. The van der Waals surface area contributed by atoms with Gasteiger partial charge in [0.2, 0.25) is 5.91 Å². The first kappa shape index (κ1) is 22.5. The minimum Gasteiger partial charge on any atom is -0.378 e. The number of aryl methyl sites for hydroxylation is 1. The second-order valence-corrected chi connectivity index (χ2v) is 8.84. The Bertz CT molecular complexity index is 929. The summed E-state index contributed by atoms with van der Waals surface area (Å²) in [5.41, 5.74) is 2.20. The van der Waals surface area contributed by atoms with Crippen LogP contribution in [0.15, 0.2) is 30.5 Å². The van der Waals surface area contributed by atoms with Crippen molar-refractivity contribution in [3.8, 4) is 0 Å². The van der Waals surface area contributed by atoms with Crippen LogP contribution in [0.2, 0.25) is 0 Å². The molecule has 8 heteroatoms. The topological polar surface area (TPSA) is 76.5 Å². The molecule has 2 aromatic rings. The monoisotopic (exact) mass is 442 g/mol. The Balaban J connectivity index is 1.28. The highest BCUT2D eigenvalue weighted by Gasteiger charge is 2.28. The lowest BCUT2D eigenvalue weighted by molar-refractivity contribution is -0.134. The number of carbonyl (C=O) groups excluding carboxylic acids is 2. The molecule has 7 nitrogen and oxygen atoms in total. The van der Waals surface area contributed by atoms with E-state index in [0.29, 0.717) is 30.9 Å². The smallest absolute Gasteiger partial charge is 0.255 e. The number of hydrogen-bond acceptors (Lipinski definition) is 4. The van der Waals surface area contributed by atoms with Crippen molar-refractivity contribution in [3.05, 3.63) is 53.1 Å². The van der Waals surface area contributed by atoms with Crippen LogP contribution in [0.1, 0.15) is 53.7 Å². The van der Waals surface area contributed by atoms with Gasteiger partial charge in [0.25, 0.3) is 5.91 Å². The number of hydrogen-bond donors (Lipinski definition) is 1. The van der Waals surface area contributed by atoms with Crippen molar-refractivity contribution < 1.29 is 18.7 Å². The summed E-state index contributed by atoms with van der Waals surface area (Å²) in [6.45, 7) is 2.59. The van der Waals surface area contributed by atoms with Gasteiger partial charge in [0.05, 0.1) is 23.8 Å². The molecule has 2 aliphatic rings. The van der Waals surface area contributed by atoms with Gasteiger partial charge >= 0.3 is 0 Å². The molecule has 0 aliphatic carbocycles. The van der Waals surface area contributed by atoms with E-state index in [1.54, 1.807) is 23.0 Å². The molecule has 0 bridgehead atoms. The van der Waals surface area contributed by atoms with Crippen LogP contribution in [0.25, 0.3) is 0 Å². The summed E-state index contributed by atoms with van der Waals surface area (Å²) >= 11 is 0. The van der Waals surface area contributed by atoms with Crippen LogP contribution < -0.4 is 5.32 Å². The Morgan fingerprint density at radius 2 is 1.94 bits per heavy atom. The number of halogens is 1. The summed E-state index contributed by atoms with van der Waals surface area (Å²) in [6, 6.07) is 6.09. The van der Waals surface area contributed by atoms with E-state index in [1.807, 2.05) is 11.9 Å². The molecule has 1 atom stereocenters. The normalized spacial score (nSPS) is 19.3. The third kappa shape index (κ3) is 5.73. The summed E-state index contributed by atoms with van der Waals surface area (Å²) < 4.78 is 20.3. The lowest BCUT2D eigenvalue weighted by Crippen LogP contribution is -2.40. The Morgan fingerprint density at radius 3 is 2.62 bits per heavy atom. The molecule has 4 rings (SSSR count). The summed E-state index contributed by atoms with van der Waals surface area (Å²) in [5, 5.41) is 7.43. The fourth-order valence-electron chi connectivity index (χ4n) is 4.54. The molecule has 1 aromatic carbocycles. The standard InChI is InChI=1S/C24H31FN4O3/c1-28-16-21(24(31)26-15-18-4-6-19(25)7-5-18)22(27-28)13-17-8-10-29(11-9-17)23(30)14-20-3-2-12-32-20/h4-7,16-17,20H,2-3,8-15H2,1H3,(H,26,31). The third-order valence-corrected chi connectivity index (χ3v) is 6.39. The van der Waals surface area contributed by atoms with Crippen LogP contribution in [-0.2, 0) is 29.5 Å². The van der Waals surface area contributed by atoms with Crippen LogP contribution in [-0.4, -0.2) is 52.3 Å². The van der Waals surface area contributed by atoms with E-state index >= 15 is 0 Å². The van der Waals surface area contributed by atoms with Crippen LogP contribution in [0.4, 0.5) is 4.39 Å². The van der Waals surface area contributed by atoms with Crippen molar-refractivity contribution in [2.45, 2.75) is 51.2 Å². The fourth-order valence-corrected chi connectivity index (χ4v) is 4.54. The minimum absolute atomic E-state index is 0.0877. The first-order valence-electron chi connectivity index (χ1n) is 11.4. The lowest BCUT2D eigenvalue weighted by Gasteiger charge is -2.32. The molecule has 0 saturated carbocycles. The van der Waals surface area contributed by atoms with Gasteiger partial charge in [-0.05, 0) is 55.7 Å². The molecule has 0 radical (unpaired) electrons. The number of piperidine rings is 1. The number of aromatic nitrogens is 2. The number of nitrogens with zero attached hydrogens (tertiary/aromatic N) is 3. The van der Waals surface area contributed by atoms with Gasteiger partial charge in [-0.1, -0.05) is 12.1 Å². The van der Waals surface area contributed by atoms with E-state index in [-0.39, 0.29) is 23.7 Å². The quantitative estimate of drug-likeness (QED) is 0.716. The van der Waals surface area contributed by atoms with Gasteiger partial charge in [0.15, 0.2) is 0 Å². The molecular weight excluding hydrogens is 411 g/mol. The van der Waals surface area contributed by atoms with Gasteiger partial charge in [-0.25, -0.2) is 4.39 Å². The van der Waals surface area contributed by atoms with E-state index in [0.717, 1.165) is 56.6 Å². The van der Waals surface area contributed by atoms with Gasteiger partial charge in [0, 0.05) is 39.5 Å². The second-order valence-electron chi connectivity index (χ2n) is 8.84. The highest BCUT2D eigenvalue weighted by Crippen LogP contribution is 2.24. The zero-order valence-corrected chi connectivity index (χ0v) is 18.6. The number of carbonyl (C=O) groups is 2. The molecule has 172 valence electrons. The maximum Gasteiger partial charge on any atom is 0.255 e. The van der Waals surface area contributed by atoms with E-state index in [9.17, 15) is 14.0 Å². The van der Waals surface area contributed by atoms with Crippen LogP contribution in [0, 0.1) is 11.7 Å². The predicted molar refractivity (Wildman–Crippen MR) is 117 cm³/mol. The van der Waals surface area contributed by atoms with Crippen LogP contribution in [0.5, 0.6) is 0 Å². The molecule has 1 unspecified atom stereocenters. The zero-order chi connectivity index (χ0) is 22.5. The van der Waals surface area contributed by atoms with Crippen molar-refractivity contribution >= 4 is 11.8 Å². The Morgan fingerprint density at radius 1 is 1.19 bits per heavy atom. The molecule has 32 heavy (non-hydrogen) atoms. The molecule has 2 saturated heterocycles. The molecular formula is C24H31FN4O3. The summed E-state index contributed by atoms with van der Waals surface area (Å²) in [4.78, 5) is 27.2. The van der Waals surface area contributed by atoms with E-state index in [4.69, 9.17) is 4.74 Å². The highest BCUT2D eigenvalue weighted by atomic mass is 19.1. The molecule has 1 N–H and O–H groups in total. The molecule has 2 amide bonds. The van der Waals surface area contributed by atoms with E-state index in [1.165, 1.54) is 12.1 Å². The summed E-state index contributed by atoms with van der Waals surface area (Å²) in [6.07, 6.45) is 6.88. The molecule has 1 aromatic heterocycles. The van der Waals surface area contributed by atoms with Crippen molar-refractivity contribution in [3.63, 3.8) is 0 Å². The number of nitrogens with one attached hydrogen (secondary N) is 1. The SMILES string of the molecule is Cn1cc(C(=O)NCc2ccc(F)cc2)c(CC2CCN(C(=O)CC3CCCO3)CC2)n1. The molecule has 2 aliphatic heterocycles. The van der Waals surface area contributed by atoms with E-state index < -0.39 is 0 Å². The van der Waals surface area contributed by atoms with Crippen molar-refractivity contribution in [2.24, 2.45) is 13.0 Å². The molecule has 2 fully saturated rings. The Kier molecular flexibility index (Phi) is 7.19. The third-order valence-electron chi connectivity index (χ3n) is 6.39. The van der Waals surface area contributed by atoms with Gasteiger partial charge < -0.3 is 15.0 Å². The van der Waals surface area contributed by atoms with Crippen LogP contribution in [0.3, 0.4) is 0 Å². The minimum atomic E-state index is -0.297. The van der Waals surface area contributed by atoms with Crippen molar-refractivity contribution in [1.82, 2.24) is 20.0 Å². The van der Waals surface area contributed by atoms with Gasteiger partial charge in [-0.15, -0.1) is 0 Å². The molecule has 0 spiro atoms. The number of likely N-dealkylation sites (tertiary alicyclic amines) is 1. The largest absolute Gasteiger partial charge is 0.378 e. The zero-order valence-electron chi connectivity index (χ0n) is 18.6. The number of benzene rings is 1.